The van der Waals surface area contributed by atoms with Crippen molar-refractivity contribution in [1.29, 1.82) is 0 Å². The highest BCUT2D eigenvalue weighted by atomic mass is 35.5. The molecular formula is C26H29ClN4O3S. The Kier molecular flexibility index (Phi) is 7.17. The molecule has 1 saturated heterocycles. The van der Waals surface area contributed by atoms with Crippen molar-refractivity contribution in [2.75, 3.05) is 6.54 Å². The summed E-state index contributed by atoms with van der Waals surface area (Å²) in [6.45, 7) is 8.51. The average Bonchev–Trinajstić information content (AvgIpc) is 3.42. The number of halogens is 1. The number of aromatic nitrogens is 1. The van der Waals surface area contributed by atoms with Crippen LogP contribution in [0.25, 0.3) is 5.69 Å². The van der Waals surface area contributed by atoms with Crippen LogP contribution in [0.5, 0.6) is 0 Å². The van der Waals surface area contributed by atoms with Crippen LogP contribution in [0.3, 0.4) is 0 Å². The molecule has 184 valence electrons. The zero-order valence-corrected chi connectivity index (χ0v) is 21.8. The third-order valence-corrected chi connectivity index (χ3v) is 8.77. The van der Waals surface area contributed by atoms with E-state index in [1.54, 1.807) is 6.21 Å². The van der Waals surface area contributed by atoms with Gasteiger partial charge >= 0.3 is 0 Å². The van der Waals surface area contributed by atoms with Gasteiger partial charge in [0.2, 0.25) is 10.0 Å². The quantitative estimate of drug-likeness (QED) is 0.385. The minimum atomic E-state index is -3.82. The largest absolute Gasteiger partial charge is 0.318 e. The lowest BCUT2D eigenvalue weighted by Crippen LogP contribution is -2.44. The van der Waals surface area contributed by atoms with E-state index in [9.17, 15) is 13.2 Å². The molecule has 0 spiro atoms. The van der Waals surface area contributed by atoms with Gasteiger partial charge in [-0.25, -0.2) is 13.8 Å². The minimum absolute atomic E-state index is 0.115. The van der Waals surface area contributed by atoms with Gasteiger partial charge in [0.15, 0.2) is 0 Å². The molecule has 1 aliphatic heterocycles. The molecule has 0 unspecified atom stereocenters. The number of nitrogens with one attached hydrogen (secondary N) is 1. The molecule has 1 fully saturated rings. The van der Waals surface area contributed by atoms with E-state index in [4.69, 9.17) is 11.6 Å². The lowest BCUT2D eigenvalue weighted by atomic mass is 10.1. The smallest absolute Gasteiger partial charge is 0.258 e. The Labute approximate surface area is 211 Å². The lowest BCUT2D eigenvalue weighted by molar-refractivity contribution is -0.124. The van der Waals surface area contributed by atoms with Crippen LogP contribution >= 0.6 is 11.6 Å². The van der Waals surface area contributed by atoms with Gasteiger partial charge in [-0.05, 0) is 88.1 Å². The molecule has 0 bridgehead atoms. The van der Waals surface area contributed by atoms with Gasteiger partial charge in [0.25, 0.3) is 5.91 Å². The van der Waals surface area contributed by atoms with E-state index in [-0.39, 0.29) is 11.4 Å². The molecule has 1 N–H and O–H groups in total. The Hall–Kier alpha value is -2.94. The van der Waals surface area contributed by atoms with Gasteiger partial charge in [0.05, 0.1) is 11.1 Å². The number of benzene rings is 2. The molecular weight excluding hydrogens is 484 g/mol. The van der Waals surface area contributed by atoms with Gasteiger partial charge in [0, 0.05) is 34.2 Å². The molecule has 1 atom stereocenters. The zero-order chi connectivity index (χ0) is 25.3. The maximum Gasteiger partial charge on any atom is 0.258 e. The number of rotatable bonds is 6. The number of amides is 1. The van der Waals surface area contributed by atoms with Crippen LogP contribution in [0, 0.1) is 27.7 Å². The van der Waals surface area contributed by atoms with Crippen LogP contribution in [0.4, 0.5) is 0 Å². The lowest BCUT2D eigenvalue weighted by Gasteiger charge is -2.22. The van der Waals surface area contributed by atoms with E-state index in [0.717, 1.165) is 22.6 Å². The third-order valence-electron chi connectivity index (χ3n) is 6.59. The summed E-state index contributed by atoms with van der Waals surface area (Å²) in [6, 6.07) is 13.4. The summed E-state index contributed by atoms with van der Waals surface area (Å²) < 4.78 is 29.6. The first-order chi connectivity index (χ1) is 16.6. The third kappa shape index (κ3) is 4.91. The first-order valence-electron chi connectivity index (χ1n) is 11.5. The number of hydrazone groups is 1. The van der Waals surface area contributed by atoms with Gasteiger partial charge < -0.3 is 4.57 Å². The molecule has 35 heavy (non-hydrogen) atoms. The molecule has 0 saturated carbocycles. The van der Waals surface area contributed by atoms with E-state index in [1.165, 1.54) is 39.7 Å². The predicted molar refractivity (Wildman–Crippen MR) is 139 cm³/mol. The molecule has 1 aromatic heterocycles. The van der Waals surface area contributed by atoms with Crippen molar-refractivity contribution in [3.8, 4) is 5.69 Å². The standard InChI is InChI=1S/C26H29ClN4O3S/c1-17-7-5-8-24(19(17)3)31-18(2)15-21(20(31)4)16-28-29-26(32)25-9-6-14-30(25)35(33,34)23-12-10-22(27)11-13-23/h5,7-8,10-13,15-16,25H,6,9,14H2,1-4H3,(H,29,32)/b28-16-/t25-/m0/s1. The summed E-state index contributed by atoms with van der Waals surface area (Å²) >= 11 is 5.89. The number of carbonyl (C=O) groups excluding carboxylic acids is 1. The van der Waals surface area contributed by atoms with Gasteiger partial charge in [-0.3, -0.25) is 4.79 Å². The van der Waals surface area contributed by atoms with Crippen LogP contribution in [0.2, 0.25) is 5.02 Å². The van der Waals surface area contributed by atoms with Crippen molar-refractivity contribution in [2.24, 2.45) is 5.10 Å². The minimum Gasteiger partial charge on any atom is -0.318 e. The number of carbonyl (C=O) groups is 1. The van der Waals surface area contributed by atoms with Gasteiger partial charge in [-0.2, -0.15) is 9.41 Å². The van der Waals surface area contributed by atoms with E-state index in [0.29, 0.717) is 17.9 Å². The summed E-state index contributed by atoms with van der Waals surface area (Å²) in [6.07, 6.45) is 2.65. The monoisotopic (exact) mass is 512 g/mol. The molecule has 0 radical (unpaired) electrons. The molecule has 0 aliphatic carbocycles. The number of aryl methyl sites for hydroxylation is 2. The predicted octanol–water partition coefficient (Wildman–Crippen LogP) is 4.67. The second-order valence-electron chi connectivity index (χ2n) is 8.84. The van der Waals surface area contributed by atoms with Gasteiger partial charge in [-0.1, -0.05) is 23.7 Å². The van der Waals surface area contributed by atoms with Crippen molar-refractivity contribution in [1.82, 2.24) is 14.3 Å². The first kappa shape index (κ1) is 25.2. The Morgan fingerprint density at radius 3 is 2.54 bits per heavy atom. The fourth-order valence-electron chi connectivity index (χ4n) is 4.54. The molecule has 3 aromatic rings. The van der Waals surface area contributed by atoms with Crippen molar-refractivity contribution < 1.29 is 13.2 Å². The van der Waals surface area contributed by atoms with Crippen molar-refractivity contribution >= 4 is 33.7 Å². The first-order valence-corrected chi connectivity index (χ1v) is 13.3. The molecule has 1 amide bonds. The van der Waals surface area contributed by atoms with Crippen molar-refractivity contribution in [3.63, 3.8) is 0 Å². The Morgan fingerprint density at radius 1 is 1.11 bits per heavy atom. The highest BCUT2D eigenvalue weighted by molar-refractivity contribution is 7.89. The highest BCUT2D eigenvalue weighted by Gasteiger charge is 2.39. The summed E-state index contributed by atoms with van der Waals surface area (Å²) in [5, 5.41) is 4.61. The van der Waals surface area contributed by atoms with Crippen molar-refractivity contribution in [3.05, 3.63) is 81.6 Å². The second-order valence-corrected chi connectivity index (χ2v) is 11.2. The Bertz CT molecular complexity index is 1390. The summed E-state index contributed by atoms with van der Waals surface area (Å²) in [7, 11) is -3.82. The van der Waals surface area contributed by atoms with Gasteiger partial charge in [0.1, 0.15) is 6.04 Å². The van der Waals surface area contributed by atoms with E-state index >= 15 is 0 Å². The topological polar surface area (TPSA) is 83.8 Å². The van der Waals surface area contributed by atoms with E-state index in [2.05, 4.69) is 41.1 Å². The van der Waals surface area contributed by atoms with E-state index < -0.39 is 22.0 Å². The molecule has 4 rings (SSSR count). The SMILES string of the molecule is Cc1cccc(-n2c(C)cc(/C=N\NC(=O)[C@@H]3CCCN3S(=O)(=O)c3ccc(Cl)cc3)c2C)c1C. The molecule has 2 aromatic carbocycles. The number of sulfonamides is 1. The fraction of sp³-hybridized carbons (Fsp3) is 0.308. The maximum absolute atomic E-state index is 13.1. The average molecular weight is 513 g/mol. The molecule has 1 aliphatic rings. The normalized spacial score (nSPS) is 16.8. The fourth-order valence-corrected chi connectivity index (χ4v) is 6.32. The second kappa shape index (κ2) is 9.97. The van der Waals surface area contributed by atoms with E-state index in [1.807, 2.05) is 26.0 Å². The molecule has 2 heterocycles. The van der Waals surface area contributed by atoms with Crippen LogP contribution in [0.1, 0.15) is 40.9 Å². The molecule has 7 nitrogen and oxygen atoms in total. The summed E-state index contributed by atoms with van der Waals surface area (Å²) in [4.78, 5) is 13.0. The van der Waals surface area contributed by atoms with Crippen LogP contribution in [-0.2, 0) is 14.8 Å². The Balaban J connectivity index is 1.51. The summed E-state index contributed by atoms with van der Waals surface area (Å²) in [5.41, 5.74) is 9.01. The number of hydrogen-bond acceptors (Lipinski definition) is 4. The van der Waals surface area contributed by atoms with Crippen molar-refractivity contribution in [2.45, 2.75) is 51.5 Å². The van der Waals surface area contributed by atoms with Crippen LogP contribution in [-0.4, -0.2) is 42.0 Å². The van der Waals surface area contributed by atoms with Crippen LogP contribution < -0.4 is 5.43 Å². The number of nitrogens with zero attached hydrogens (tertiary/aromatic N) is 3. The summed E-state index contributed by atoms with van der Waals surface area (Å²) in [5.74, 6) is -0.445. The van der Waals surface area contributed by atoms with Crippen LogP contribution in [0.15, 0.2) is 58.5 Å². The molecule has 9 heteroatoms. The maximum atomic E-state index is 13.1. The number of hydrogen-bond donors (Lipinski definition) is 1. The Morgan fingerprint density at radius 2 is 1.83 bits per heavy atom. The zero-order valence-electron chi connectivity index (χ0n) is 20.2. The van der Waals surface area contributed by atoms with Gasteiger partial charge in [-0.15, -0.1) is 0 Å². The highest BCUT2D eigenvalue weighted by Crippen LogP contribution is 2.27.